The van der Waals surface area contributed by atoms with Crippen LogP contribution in [0.5, 0.6) is 5.75 Å². The summed E-state index contributed by atoms with van der Waals surface area (Å²) in [6.45, 7) is 3.69. The Labute approximate surface area is 103 Å². The van der Waals surface area contributed by atoms with Gasteiger partial charge < -0.3 is 15.2 Å². The van der Waals surface area contributed by atoms with Crippen LogP contribution in [0.1, 0.15) is 30.0 Å². The Hall–Kier alpha value is -1.06. The van der Waals surface area contributed by atoms with Crippen molar-refractivity contribution < 1.29 is 9.47 Å². The molecule has 2 unspecified atom stereocenters. The average Bonchev–Trinajstić information content (AvgIpc) is 2.39. The monoisotopic (exact) mass is 235 g/mol. The maximum Gasteiger partial charge on any atom is 0.123 e. The predicted molar refractivity (Wildman–Crippen MR) is 68.2 cm³/mol. The molecular weight excluding hydrogens is 214 g/mol. The number of hydrogen-bond acceptors (Lipinski definition) is 3. The highest BCUT2D eigenvalue weighted by molar-refractivity contribution is 5.39. The molecular formula is C14H21NO2. The molecule has 1 aromatic carbocycles. The van der Waals surface area contributed by atoms with Crippen LogP contribution in [-0.2, 0) is 4.74 Å². The van der Waals surface area contributed by atoms with Gasteiger partial charge in [-0.3, -0.25) is 0 Å². The van der Waals surface area contributed by atoms with Gasteiger partial charge in [0.25, 0.3) is 0 Å². The second kappa shape index (κ2) is 5.52. The summed E-state index contributed by atoms with van der Waals surface area (Å²) in [6, 6.07) is 6.21. The first-order chi connectivity index (χ1) is 8.22. The normalized spacial score (nSPS) is 22.2. The molecule has 1 fully saturated rings. The number of ether oxygens (including phenoxy) is 2. The van der Waals surface area contributed by atoms with E-state index in [1.807, 2.05) is 6.07 Å². The molecule has 2 N–H and O–H groups in total. The lowest BCUT2D eigenvalue weighted by Gasteiger charge is -2.28. The van der Waals surface area contributed by atoms with E-state index in [2.05, 4.69) is 19.1 Å². The molecule has 2 atom stereocenters. The molecule has 0 spiro atoms. The molecule has 1 heterocycles. The Morgan fingerprint density at radius 2 is 2.29 bits per heavy atom. The van der Waals surface area contributed by atoms with Crippen LogP contribution in [0.3, 0.4) is 0 Å². The lowest BCUT2D eigenvalue weighted by Crippen LogP contribution is -2.29. The van der Waals surface area contributed by atoms with Crippen molar-refractivity contribution in [3.8, 4) is 5.75 Å². The zero-order valence-electron chi connectivity index (χ0n) is 10.6. The molecule has 1 aliphatic rings. The summed E-state index contributed by atoms with van der Waals surface area (Å²) in [5, 5.41) is 0. The van der Waals surface area contributed by atoms with Gasteiger partial charge in [0.2, 0.25) is 0 Å². The van der Waals surface area contributed by atoms with E-state index < -0.39 is 0 Å². The number of nitrogens with two attached hydrogens (primary N) is 1. The highest BCUT2D eigenvalue weighted by atomic mass is 16.5. The minimum absolute atomic E-state index is 0.00542. The summed E-state index contributed by atoms with van der Waals surface area (Å²) in [5.74, 6) is 1.29. The Morgan fingerprint density at radius 3 is 2.94 bits per heavy atom. The highest BCUT2D eigenvalue weighted by Gasteiger charge is 2.24. The van der Waals surface area contributed by atoms with E-state index in [1.165, 1.54) is 5.56 Å². The smallest absolute Gasteiger partial charge is 0.123 e. The fourth-order valence-electron chi connectivity index (χ4n) is 2.40. The lowest BCUT2D eigenvalue weighted by molar-refractivity contribution is 0.0445. The summed E-state index contributed by atoms with van der Waals surface area (Å²) in [6.07, 6.45) is 2.24. The van der Waals surface area contributed by atoms with Crippen molar-refractivity contribution in [2.75, 3.05) is 20.3 Å². The summed E-state index contributed by atoms with van der Waals surface area (Å²) in [4.78, 5) is 0. The zero-order chi connectivity index (χ0) is 12.3. The number of benzene rings is 1. The van der Waals surface area contributed by atoms with E-state index in [-0.39, 0.29) is 6.04 Å². The van der Waals surface area contributed by atoms with Crippen LogP contribution in [0.25, 0.3) is 0 Å². The minimum atomic E-state index is 0.00542. The molecule has 0 radical (unpaired) electrons. The fraction of sp³-hybridized carbons (Fsp3) is 0.571. The molecule has 17 heavy (non-hydrogen) atoms. The first-order valence-corrected chi connectivity index (χ1v) is 6.20. The topological polar surface area (TPSA) is 44.5 Å². The van der Waals surface area contributed by atoms with Gasteiger partial charge in [-0.05, 0) is 31.4 Å². The summed E-state index contributed by atoms with van der Waals surface area (Å²) in [5.41, 5.74) is 8.62. The number of methoxy groups -OCH3 is 1. The molecule has 0 aromatic heterocycles. The molecule has 0 saturated carbocycles. The second-order valence-corrected chi connectivity index (χ2v) is 4.75. The molecule has 0 amide bonds. The van der Waals surface area contributed by atoms with Crippen molar-refractivity contribution >= 4 is 0 Å². The Balaban J connectivity index is 2.19. The van der Waals surface area contributed by atoms with Crippen LogP contribution in [0, 0.1) is 12.8 Å². The van der Waals surface area contributed by atoms with Crippen molar-refractivity contribution in [2.24, 2.45) is 11.7 Å². The van der Waals surface area contributed by atoms with Crippen molar-refractivity contribution in [3.63, 3.8) is 0 Å². The second-order valence-electron chi connectivity index (χ2n) is 4.75. The van der Waals surface area contributed by atoms with Crippen molar-refractivity contribution in [3.05, 3.63) is 29.3 Å². The van der Waals surface area contributed by atoms with E-state index >= 15 is 0 Å². The molecule has 0 bridgehead atoms. The van der Waals surface area contributed by atoms with Crippen LogP contribution in [-0.4, -0.2) is 20.3 Å². The summed E-state index contributed by atoms with van der Waals surface area (Å²) in [7, 11) is 1.70. The zero-order valence-corrected chi connectivity index (χ0v) is 10.6. The van der Waals surface area contributed by atoms with Gasteiger partial charge in [-0.15, -0.1) is 0 Å². The van der Waals surface area contributed by atoms with Gasteiger partial charge in [-0.25, -0.2) is 0 Å². The van der Waals surface area contributed by atoms with Gasteiger partial charge in [0.05, 0.1) is 13.7 Å². The Morgan fingerprint density at radius 1 is 1.47 bits per heavy atom. The molecule has 3 heteroatoms. The summed E-state index contributed by atoms with van der Waals surface area (Å²) >= 11 is 0. The fourth-order valence-corrected chi connectivity index (χ4v) is 2.40. The molecule has 94 valence electrons. The van der Waals surface area contributed by atoms with Crippen molar-refractivity contribution in [2.45, 2.75) is 25.8 Å². The SMILES string of the molecule is COc1cc(C)ccc1C(N)C1CCCOC1. The van der Waals surface area contributed by atoms with Crippen molar-refractivity contribution in [1.82, 2.24) is 0 Å². The van der Waals surface area contributed by atoms with Gasteiger partial charge in [0.15, 0.2) is 0 Å². The van der Waals surface area contributed by atoms with E-state index in [0.29, 0.717) is 5.92 Å². The van der Waals surface area contributed by atoms with E-state index in [9.17, 15) is 0 Å². The highest BCUT2D eigenvalue weighted by Crippen LogP contribution is 2.32. The van der Waals surface area contributed by atoms with Crippen LogP contribution >= 0.6 is 0 Å². The van der Waals surface area contributed by atoms with Gasteiger partial charge in [0, 0.05) is 24.1 Å². The Kier molecular flexibility index (Phi) is 4.02. The Bertz CT molecular complexity index is 372. The van der Waals surface area contributed by atoms with Gasteiger partial charge in [-0.1, -0.05) is 12.1 Å². The lowest BCUT2D eigenvalue weighted by atomic mass is 9.88. The van der Waals surface area contributed by atoms with E-state index in [0.717, 1.165) is 37.4 Å². The molecule has 0 aliphatic carbocycles. The van der Waals surface area contributed by atoms with E-state index in [1.54, 1.807) is 7.11 Å². The van der Waals surface area contributed by atoms with Gasteiger partial charge in [-0.2, -0.15) is 0 Å². The van der Waals surface area contributed by atoms with Crippen LogP contribution < -0.4 is 10.5 Å². The molecule has 1 aliphatic heterocycles. The predicted octanol–water partition coefficient (Wildman–Crippen LogP) is 2.43. The van der Waals surface area contributed by atoms with Gasteiger partial charge in [0.1, 0.15) is 5.75 Å². The third-order valence-corrected chi connectivity index (χ3v) is 3.45. The molecule has 3 nitrogen and oxygen atoms in total. The molecule has 1 saturated heterocycles. The first-order valence-electron chi connectivity index (χ1n) is 6.20. The third kappa shape index (κ3) is 2.79. The number of hydrogen-bond donors (Lipinski definition) is 1. The molecule has 2 rings (SSSR count). The maximum absolute atomic E-state index is 6.34. The first kappa shape index (κ1) is 12.4. The quantitative estimate of drug-likeness (QED) is 0.875. The maximum atomic E-state index is 6.34. The third-order valence-electron chi connectivity index (χ3n) is 3.45. The van der Waals surface area contributed by atoms with Crippen molar-refractivity contribution in [1.29, 1.82) is 0 Å². The average molecular weight is 235 g/mol. The standard InChI is InChI=1S/C14H21NO2/c1-10-5-6-12(13(8-10)16-2)14(15)11-4-3-7-17-9-11/h5-6,8,11,14H,3-4,7,9,15H2,1-2H3. The van der Waals surface area contributed by atoms with Crippen LogP contribution in [0.2, 0.25) is 0 Å². The van der Waals surface area contributed by atoms with E-state index in [4.69, 9.17) is 15.2 Å². The molecule has 1 aromatic rings. The van der Waals surface area contributed by atoms with Gasteiger partial charge >= 0.3 is 0 Å². The van der Waals surface area contributed by atoms with Crippen LogP contribution in [0.15, 0.2) is 18.2 Å². The van der Waals surface area contributed by atoms with Crippen LogP contribution in [0.4, 0.5) is 0 Å². The minimum Gasteiger partial charge on any atom is -0.496 e. The largest absolute Gasteiger partial charge is 0.496 e. The number of rotatable bonds is 3. The number of aryl methyl sites for hydroxylation is 1. The summed E-state index contributed by atoms with van der Waals surface area (Å²) < 4.78 is 10.9.